The van der Waals surface area contributed by atoms with E-state index in [1.54, 1.807) is 0 Å². The molecule has 2 unspecified atom stereocenters. The maximum absolute atomic E-state index is 12.6. The average molecular weight is 328 g/mol. The Hall–Kier alpha value is -0.810. The molecule has 1 heterocycles. The fourth-order valence-electron chi connectivity index (χ4n) is 3.05. The lowest BCUT2D eigenvalue weighted by molar-refractivity contribution is 0.0689. The van der Waals surface area contributed by atoms with Gasteiger partial charge >= 0.3 is 0 Å². The van der Waals surface area contributed by atoms with Crippen LogP contribution in [0.5, 0.6) is 0 Å². The van der Waals surface area contributed by atoms with Crippen LogP contribution in [0, 0.1) is 5.92 Å². The highest BCUT2D eigenvalue weighted by Crippen LogP contribution is 2.29. The minimum atomic E-state index is 0.0953. The zero-order chi connectivity index (χ0) is 14.0. The third-order valence-corrected chi connectivity index (χ3v) is 4.60. The van der Waals surface area contributed by atoms with Gasteiger partial charge < -0.3 is 15.2 Å². The zero-order valence-electron chi connectivity index (χ0n) is 11.6. The van der Waals surface area contributed by atoms with Crippen molar-refractivity contribution < 1.29 is 4.79 Å². The first-order valence-corrected chi connectivity index (χ1v) is 7.70. The highest BCUT2D eigenvalue weighted by molar-refractivity contribution is 9.10. The summed E-state index contributed by atoms with van der Waals surface area (Å²) in [5, 5.41) is 0. The summed E-state index contributed by atoms with van der Waals surface area (Å²) in [6, 6.07) is 2.19. The Balaban J connectivity index is 2.18. The molecule has 1 aromatic heterocycles. The van der Waals surface area contributed by atoms with E-state index >= 15 is 0 Å². The number of aromatic nitrogens is 1. The summed E-state index contributed by atoms with van der Waals surface area (Å²) in [6.45, 7) is 3.51. The molecule has 4 nitrogen and oxygen atoms in total. The van der Waals surface area contributed by atoms with Crippen LogP contribution in [-0.4, -0.2) is 35.0 Å². The van der Waals surface area contributed by atoms with Crippen molar-refractivity contribution in [3.8, 4) is 0 Å². The van der Waals surface area contributed by atoms with Crippen molar-refractivity contribution in [3.63, 3.8) is 0 Å². The molecule has 0 bridgehead atoms. The Morgan fingerprint density at radius 1 is 1.58 bits per heavy atom. The van der Waals surface area contributed by atoms with Gasteiger partial charge in [-0.15, -0.1) is 0 Å². The van der Waals surface area contributed by atoms with Crippen molar-refractivity contribution in [1.29, 1.82) is 0 Å². The molecule has 106 valence electrons. The summed E-state index contributed by atoms with van der Waals surface area (Å²) in [6.07, 6.45) is 5.33. The summed E-state index contributed by atoms with van der Waals surface area (Å²) in [5.41, 5.74) is 6.56. The molecule has 0 aliphatic heterocycles. The van der Waals surface area contributed by atoms with Gasteiger partial charge in [-0.2, -0.15) is 0 Å². The zero-order valence-corrected chi connectivity index (χ0v) is 13.2. The van der Waals surface area contributed by atoms with E-state index in [-0.39, 0.29) is 11.9 Å². The maximum atomic E-state index is 12.6. The average Bonchev–Trinajstić information content (AvgIpc) is 3.02. The van der Waals surface area contributed by atoms with Gasteiger partial charge in [-0.1, -0.05) is 6.42 Å². The first-order valence-electron chi connectivity index (χ1n) is 6.91. The molecular formula is C14H22BrN3O. The summed E-state index contributed by atoms with van der Waals surface area (Å²) in [7, 11) is 1.90. The summed E-state index contributed by atoms with van der Waals surface area (Å²) >= 11 is 3.44. The molecule has 1 aliphatic rings. The standard InChI is InChI=1S/C14H22BrN3O/c1-3-18-9-11(15)7-13(18)14(19)17(2)12-6-4-5-10(12)8-16/h7,9-10,12H,3-6,8,16H2,1-2H3. The molecule has 19 heavy (non-hydrogen) atoms. The number of carbonyl (C=O) groups excluding carboxylic acids is 1. The Bertz CT molecular complexity index is 458. The van der Waals surface area contributed by atoms with Gasteiger partial charge in [0.25, 0.3) is 5.91 Å². The van der Waals surface area contributed by atoms with E-state index in [9.17, 15) is 4.79 Å². The minimum absolute atomic E-state index is 0.0953. The normalized spacial score (nSPS) is 22.7. The van der Waals surface area contributed by atoms with Crippen molar-refractivity contribution in [2.45, 2.75) is 38.8 Å². The number of hydrogen-bond donors (Lipinski definition) is 1. The highest BCUT2D eigenvalue weighted by Gasteiger charge is 2.32. The van der Waals surface area contributed by atoms with Gasteiger partial charge in [-0.05, 0) is 54.2 Å². The van der Waals surface area contributed by atoms with Crippen LogP contribution >= 0.6 is 15.9 Å². The second-order valence-electron chi connectivity index (χ2n) is 5.24. The van der Waals surface area contributed by atoms with Crippen LogP contribution in [0.25, 0.3) is 0 Å². The number of nitrogens with two attached hydrogens (primary N) is 1. The first-order chi connectivity index (χ1) is 9.08. The third-order valence-electron chi connectivity index (χ3n) is 4.16. The predicted octanol–water partition coefficient (Wildman–Crippen LogP) is 2.47. The van der Waals surface area contributed by atoms with Crippen LogP contribution in [0.2, 0.25) is 0 Å². The molecule has 1 fully saturated rings. The topological polar surface area (TPSA) is 51.3 Å². The molecule has 0 radical (unpaired) electrons. The van der Waals surface area contributed by atoms with Gasteiger partial charge in [-0.25, -0.2) is 0 Å². The Labute approximate surface area is 123 Å². The van der Waals surface area contributed by atoms with Crippen molar-refractivity contribution in [3.05, 3.63) is 22.4 Å². The fraction of sp³-hybridized carbons (Fsp3) is 0.643. The molecule has 0 spiro atoms. The number of carbonyl (C=O) groups is 1. The second-order valence-corrected chi connectivity index (χ2v) is 6.16. The summed E-state index contributed by atoms with van der Waals surface area (Å²) in [4.78, 5) is 14.5. The van der Waals surface area contributed by atoms with Crippen molar-refractivity contribution >= 4 is 21.8 Å². The van der Waals surface area contributed by atoms with E-state index < -0.39 is 0 Å². The maximum Gasteiger partial charge on any atom is 0.270 e. The quantitative estimate of drug-likeness (QED) is 0.923. The molecule has 1 amide bonds. The van der Waals surface area contributed by atoms with Gasteiger partial charge in [-0.3, -0.25) is 4.79 Å². The van der Waals surface area contributed by atoms with E-state index in [2.05, 4.69) is 15.9 Å². The minimum Gasteiger partial charge on any atom is -0.343 e. The largest absolute Gasteiger partial charge is 0.343 e. The Morgan fingerprint density at radius 2 is 2.32 bits per heavy atom. The number of hydrogen-bond acceptors (Lipinski definition) is 2. The van der Waals surface area contributed by atoms with E-state index in [0.29, 0.717) is 12.5 Å². The molecule has 0 saturated heterocycles. The van der Waals surface area contributed by atoms with Crippen molar-refractivity contribution in [1.82, 2.24) is 9.47 Å². The van der Waals surface area contributed by atoms with Crippen LogP contribution in [0.15, 0.2) is 16.7 Å². The van der Waals surface area contributed by atoms with E-state index in [0.717, 1.165) is 29.6 Å². The number of nitrogens with zero attached hydrogens (tertiary/aromatic N) is 2. The Kier molecular flexibility index (Phi) is 4.68. The SMILES string of the molecule is CCn1cc(Br)cc1C(=O)N(C)C1CCCC1CN. The van der Waals surface area contributed by atoms with Crippen molar-refractivity contribution in [2.75, 3.05) is 13.6 Å². The summed E-state index contributed by atoms with van der Waals surface area (Å²) in [5.74, 6) is 0.542. The van der Waals surface area contributed by atoms with E-state index in [1.165, 1.54) is 6.42 Å². The predicted molar refractivity (Wildman–Crippen MR) is 80.1 cm³/mol. The summed E-state index contributed by atoms with van der Waals surface area (Å²) < 4.78 is 2.93. The molecule has 2 atom stereocenters. The van der Waals surface area contributed by atoms with Gasteiger partial charge in [0.1, 0.15) is 5.69 Å². The number of rotatable bonds is 4. The first kappa shape index (κ1) is 14.6. The van der Waals surface area contributed by atoms with Crippen LogP contribution < -0.4 is 5.73 Å². The number of aryl methyl sites for hydroxylation is 1. The van der Waals surface area contributed by atoms with Crippen LogP contribution in [-0.2, 0) is 6.54 Å². The van der Waals surface area contributed by atoms with E-state index in [4.69, 9.17) is 5.73 Å². The van der Waals surface area contributed by atoms with Crippen LogP contribution in [0.1, 0.15) is 36.7 Å². The lowest BCUT2D eigenvalue weighted by atomic mass is 10.0. The molecule has 1 aromatic rings. The molecule has 1 aliphatic carbocycles. The monoisotopic (exact) mass is 327 g/mol. The molecule has 5 heteroatoms. The smallest absolute Gasteiger partial charge is 0.270 e. The third kappa shape index (κ3) is 2.87. The van der Waals surface area contributed by atoms with Gasteiger partial charge in [0, 0.05) is 30.3 Å². The molecule has 2 N–H and O–H groups in total. The lowest BCUT2D eigenvalue weighted by Crippen LogP contribution is -2.42. The molecule has 1 saturated carbocycles. The van der Waals surface area contributed by atoms with Gasteiger partial charge in [0.2, 0.25) is 0 Å². The van der Waals surface area contributed by atoms with E-state index in [1.807, 2.05) is 35.7 Å². The van der Waals surface area contributed by atoms with Gasteiger partial charge in [0.15, 0.2) is 0 Å². The van der Waals surface area contributed by atoms with Crippen LogP contribution in [0.4, 0.5) is 0 Å². The number of halogens is 1. The second kappa shape index (κ2) is 6.09. The Morgan fingerprint density at radius 3 is 2.95 bits per heavy atom. The molecule has 2 rings (SSSR count). The lowest BCUT2D eigenvalue weighted by Gasteiger charge is -2.29. The molecular weight excluding hydrogens is 306 g/mol. The fourth-order valence-corrected chi connectivity index (χ4v) is 3.51. The molecule has 0 aromatic carbocycles. The van der Waals surface area contributed by atoms with Crippen molar-refractivity contribution in [2.24, 2.45) is 11.7 Å². The van der Waals surface area contributed by atoms with Gasteiger partial charge in [0.05, 0.1) is 0 Å². The highest BCUT2D eigenvalue weighted by atomic mass is 79.9. The number of amides is 1. The van der Waals surface area contributed by atoms with Crippen LogP contribution in [0.3, 0.4) is 0 Å².